The zero-order chi connectivity index (χ0) is 20.9. The van der Waals surface area contributed by atoms with Crippen LogP contribution in [0.5, 0.6) is 5.75 Å². The summed E-state index contributed by atoms with van der Waals surface area (Å²) in [5.41, 5.74) is 1.67. The number of hydrogen-bond donors (Lipinski definition) is 1. The third kappa shape index (κ3) is 4.09. The summed E-state index contributed by atoms with van der Waals surface area (Å²) in [6.45, 7) is 3.26. The second kappa shape index (κ2) is 9.19. The Kier molecular flexibility index (Phi) is 6.40. The molecule has 0 aliphatic carbocycles. The van der Waals surface area contributed by atoms with Gasteiger partial charge < -0.3 is 19.5 Å². The van der Waals surface area contributed by atoms with E-state index in [1.165, 1.54) is 5.56 Å². The summed E-state index contributed by atoms with van der Waals surface area (Å²) in [5.74, 6) is 0.893. The summed E-state index contributed by atoms with van der Waals surface area (Å²) < 4.78 is 16.5. The van der Waals surface area contributed by atoms with E-state index in [0.717, 1.165) is 37.4 Å². The van der Waals surface area contributed by atoms with Gasteiger partial charge in [-0.3, -0.25) is 4.79 Å². The Bertz CT molecular complexity index is 822. The van der Waals surface area contributed by atoms with Crippen LogP contribution in [0.1, 0.15) is 36.8 Å². The minimum Gasteiger partial charge on any atom is -0.497 e. The maximum absolute atomic E-state index is 13.7. The van der Waals surface area contributed by atoms with Gasteiger partial charge in [-0.05, 0) is 48.9 Å². The first-order valence-electron chi connectivity index (χ1n) is 10.8. The van der Waals surface area contributed by atoms with Crippen LogP contribution < -0.4 is 10.1 Å². The molecule has 0 radical (unpaired) electrons. The molecule has 1 amide bonds. The first-order chi connectivity index (χ1) is 14.7. The zero-order valence-corrected chi connectivity index (χ0v) is 17.7. The van der Waals surface area contributed by atoms with E-state index in [0.29, 0.717) is 32.6 Å². The highest BCUT2D eigenvalue weighted by Crippen LogP contribution is 2.38. The number of carbonyl (C=O) groups excluding carboxylic acids is 1. The highest BCUT2D eigenvalue weighted by atomic mass is 16.5. The van der Waals surface area contributed by atoms with Crippen molar-refractivity contribution in [2.24, 2.45) is 0 Å². The second-order valence-electron chi connectivity index (χ2n) is 8.36. The molecule has 2 heterocycles. The predicted molar refractivity (Wildman–Crippen MR) is 116 cm³/mol. The van der Waals surface area contributed by atoms with Gasteiger partial charge in [0.1, 0.15) is 5.75 Å². The highest BCUT2D eigenvalue weighted by molar-refractivity contribution is 5.88. The Morgan fingerprint density at radius 2 is 1.47 bits per heavy atom. The molecule has 4 rings (SSSR count). The highest BCUT2D eigenvalue weighted by Gasteiger charge is 2.43. The molecule has 160 valence electrons. The lowest BCUT2D eigenvalue weighted by Crippen LogP contribution is -2.52. The van der Waals surface area contributed by atoms with Crippen LogP contribution in [0.25, 0.3) is 0 Å². The molecule has 2 aromatic rings. The van der Waals surface area contributed by atoms with Gasteiger partial charge in [0.15, 0.2) is 0 Å². The zero-order valence-electron chi connectivity index (χ0n) is 17.7. The Labute approximate surface area is 178 Å². The first kappa shape index (κ1) is 20.9. The number of methoxy groups -OCH3 is 1. The van der Waals surface area contributed by atoms with E-state index in [1.807, 2.05) is 30.3 Å². The molecule has 0 unspecified atom stereocenters. The standard InChI is InChI=1S/C25H31NO4/c1-28-22-9-7-21(8-10-22)25(13-17-30-18-14-25)23(27)26-19-24(11-15-29-16-12-24)20-5-3-2-4-6-20/h2-10H,11-19H2,1H3,(H,26,27). The van der Waals surface area contributed by atoms with Crippen molar-refractivity contribution in [2.75, 3.05) is 40.1 Å². The molecule has 30 heavy (non-hydrogen) atoms. The van der Waals surface area contributed by atoms with Gasteiger partial charge in [0.25, 0.3) is 0 Å². The second-order valence-corrected chi connectivity index (χ2v) is 8.36. The molecule has 1 N–H and O–H groups in total. The van der Waals surface area contributed by atoms with E-state index in [9.17, 15) is 4.79 Å². The molecule has 0 saturated carbocycles. The quantitative estimate of drug-likeness (QED) is 0.792. The third-order valence-electron chi connectivity index (χ3n) is 6.85. The van der Waals surface area contributed by atoms with Crippen molar-refractivity contribution in [3.8, 4) is 5.75 Å². The van der Waals surface area contributed by atoms with Crippen LogP contribution in [0.3, 0.4) is 0 Å². The van der Waals surface area contributed by atoms with E-state index in [-0.39, 0.29) is 11.3 Å². The van der Waals surface area contributed by atoms with Gasteiger partial charge in [-0.1, -0.05) is 42.5 Å². The van der Waals surface area contributed by atoms with Crippen molar-refractivity contribution in [2.45, 2.75) is 36.5 Å². The van der Waals surface area contributed by atoms with Gasteiger partial charge in [0, 0.05) is 38.4 Å². The lowest BCUT2D eigenvalue weighted by Gasteiger charge is -2.41. The van der Waals surface area contributed by atoms with Gasteiger partial charge in [0.05, 0.1) is 12.5 Å². The summed E-state index contributed by atoms with van der Waals surface area (Å²) in [6, 6.07) is 18.4. The molecule has 2 aliphatic heterocycles. The maximum atomic E-state index is 13.7. The molecule has 0 aromatic heterocycles. The normalized spacial score (nSPS) is 20.3. The number of hydrogen-bond acceptors (Lipinski definition) is 4. The number of benzene rings is 2. The Morgan fingerprint density at radius 3 is 2.07 bits per heavy atom. The number of rotatable bonds is 6. The average Bonchev–Trinajstić information content (AvgIpc) is 2.84. The van der Waals surface area contributed by atoms with Crippen LogP contribution in [0.2, 0.25) is 0 Å². The van der Waals surface area contributed by atoms with Gasteiger partial charge in [-0.2, -0.15) is 0 Å². The summed E-state index contributed by atoms with van der Waals surface area (Å²) >= 11 is 0. The monoisotopic (exact) mass is 409 g/mol. The van der Waals surface area contributed by atoms with Crippen molar-refractivity contribution in [3.05, 3.63) is 65.7 Å². The Balaban J connectivity index is 1.57. The van der Waals surface area contributed by atoms with Crippen LogP contribution in [0.15, 0.2) is 54.6 Å². The van der Waals surface area contributed by atoms with Gasteiger partial charge >= 0.3 is 0 Å². The fourth-order valence-electron chi connectivity index (χ4n) is 4.82. The van der Waals surface area contributed by atoms with E-state index < -0.39 is 5.41 Å². The molecular weight excluding hydrogens is 378 g/mol. The van der Waals surface area contributed by atoms with E-state index in [2.05, 4.69) is 29.6 Å². The van der Waals surface area contributed by atoms with Crippen LogP contribution >= 0.6 is 0 Å². The molecule has 2 saturated heterocycles. The van der Waals surface area contributed by atoms with E-state index in [1.54, 1.807) is 7.11 Å². The van der Waals surface area contributed by atoms with E-state index >= 15 is 0 Å². The SMILES string of the molecule is COc1ccc(C2(C(=O)NCC3(c4ccccc4)CCOCC3)CCOCC2)cc1. The Morgan fingerprint density at radius 1 is 0.867 bits per heavy atom. The predicted octanol–water partition coefficient (Wildman–Crippen LogP) is 3.61. The summed E-state index contributed by atoms with van der Waals surface area (Å²) in [7, 11) is 1.66. The number of carbonyl (C=O) groups is 1. The minimum absolute atomic E-state index is 0.0819. The molecular formula is C25H31NO4. The summed E-state index contributed by atoms with van der Waals surface area (Å²) in [6.07, 6.45) is 3.20. The molecule has 0 atom stereocenters. The van der Waals surface area contributed by atoms with Crippen molar-refractivity contribution in [3.63, 3.8) is 0 Å². The smallest absolute Gasteiger partial charge is 0.230 e. The maximum Gasteiger partial charge on any atom is 0.230 e. The van der Waals surface area contributed by atoms with Crippen LogP contribution in [0, 0.1) is 0 Å². The molecule has 2 aromatic carbocycles. The molecule has 0 spiro atoms. The van der Waals surface area contributed by atoms with Gasteiger partial charge in [-0.15, -0.1) is 0 Å². The van der Waals surface area contributed by atoms with Crippen LogP contribution in [0.4, 0.5) is 0 Å². The summed E-state index contributed by atoms with van der Waals surface area (Å²) in [5, 5.41) is 3.35. The van der Waals surface area contributed by atoms with Gasteiger partial charge in [-0.25, -0.2) is 0 Å². The summed E-state index contributed by atoms with van der Waals surface area (Å²) in [4.78, 5) is 13.7. The number of nitrogens with one attached hydrogen (secondary N) is 1. The Hall–Kier alpha value is -2.37. The van der Waals surface area contributed by atoms with Crippen molar-refractivity contribution in [1.29, 1.82) is 0 Å². The number of ether oxygens (including phenoxy) is 3. The average molecular weight is 410 g/mol. The molecule has 5 heteroatoms. The largest absolute Gasteiger partial charge is 0.497 e. The van der Waals surface area contributed by atoms with E-state index in [4.69, 9.17) is 14.2 Å². The van der Waals surface area contributed by atoms with Crippen molar-refractivity contribution in [1.82, 2.24) is 5.32 Å². The first-order valence-corrected chi connectivity index (χ1v) is 10.8. The third-order valence-corrected chi connectivity index (χ3v) is 6.85. The molecule has 5 nitrogen and oxygen atoms in total. The topological polar surface area (TPSA) is 56.8 Å². The molecule has 2 fully saturated rings. The molecule has 0 bridgehead atoms. The van der Waals surface area contributed by atoms with Gasteiger partial charge in [0.2, 0.25) is 5.91 Å². The van der Waals surface area contributed by atoms with Crippen molar-refractivity contribution >= 4 is 5.91 Å². The fraction of sp³-hybridized carbons (Fsp3) is 0.480. The minimum atomic E-state index is -0.562. The van der Waals surface area contributed by atoms with Crippen LogP contribution in [-0.2, 0) is 25.1 Å². The number of amides is 1. The van der Waals surface area contributed by atoms with Crippen molar-refractivity contribution < 1.29 is 19.0 Å². The lowest BCUT2D eigenvalue weighted by molar-refractivity contribution is -0.131. The van der Waals surface area contributed by atoms with Crippen LogP contribution in [-0.4, -0.2) is 46.0 Å². The molecule has 2 aliphatic rings. The fourth-order valence-corrected chi connectivity index (χ4v) is 4.82. The lowest BCUT2D eigenvalue weighted by atomic mass is 9.71.